The van der Waals surface area contributed by atoms with Crippen molar-refractivity contribution in [1.82, 2.24) is 10.6 Å². The van der Waals surface area contributed by atoms with Gasteiger partial charge in [-0.05, 0) is 23.6 Å². The smallest absolute Gasteiger partial charge is 0.328 e. The Bertz CT molecular complexity index is 1050. The van der Waals surface area contributed by atoms with E-state index in [1.54, 1.807) is 26.0 Å². The number of nitrogens with one attached hydrogen (secondary N) is 3. The summed E-state index contributed by atoms with van der Waals surface area (Å²) in [6, 6.07) is 13.1. The number of hydrogen-bond donors (Lipinski definition) is 3. The third kappa shape index (κ3) is 7.26. The van der Waals surface area contributed by atoms with E-state index in [2.05, 4.69) is 16.0 Å². The summed E-state index contributed by atoms with van der Waals surface area (Å²) >= 11 is 0. The van der Waals surface area contributed by atoms with Gasteiger partial charge < -0.3 is 20.7 Å². The molecule has 9 heteroatoms. The Hall–Kier alpha value is -4.01. The van der Waals surface area contributed by atoms with Gasteiger partial charge in [0, 0.05) is 13.3 Å². The zero-order chi connectivity index (χ0) is 25.3. The van der Waals surface area contributed by atoms with E-state index < -0.39 is 47.5 Å². The molecule has 0 saturated carbocycles. The molecule has 3 N–H and O–H groups in total. The Morgan fingerprint density at radius 2 is 1.50 bits per heavy atom. The van der Waals surface area contributed by atoms with Crippen LogP contribution in [0, 0.1) is 5.92 Å². The fourth-order valence-corrected chi connectivity index (χ4v) is 3.29. The molecular formula is C25H29N3O6. The molecule has 0 unspecified atom stereocenters. The Balaban J connectivity index is 2.17. The van der Waals surface area contributed by atoms with Gasteiger partial charge in [-0.15, -0.1) is 0 Å². The Labute approximate surface area is 198 Å². The van der Waals surface area contributed by atoms with Crippen LogP contribution in [0.3, 0.4) is 0 Å². The average molecular weight is 468 g/mol. The Kier molecular flexibility index (Phi) is 9.49. The van der Waals surface area contributed by atoms with Crippen molar-refractivity contribution in [1.29, 1.82) is 0 Å². The van der Waals surface area contributed by atoms with Crippen molar-refractivity contribution in [3.8, 4) is 0 Å². The van der Waals surface area contributed by atoms with Crippen LogP contribution < -0.4 is 16.0 Å². The molecule has 2 aromatic rings. The number of para-hydroxylation sites is 1. The second-order valence-electron chi connectivity index (χ2n) is 8.03. The monoisotopic (exact) mass is 467 g/mol. The van der Waals surface area contributed by atoms with Crippen molar-refractivity contribution in [3.63, 3.8) is 0 Å². The fraction of sp³-hybridized carbons (Fsp3) is 0.320. The Morgan fingerprint density at radius 3 is 2.09 bits per heavy atom. The molecule has 0 fully saturated rings. The molecule has 0 bridgehead atoms. The number of esters is 1. The molecule has 2 aromatic carbocycles. The molecule has 0 saturated heterocycles. The van der Waals surface area contributed by atoms with Gasteiger partial charge in [0.25, 0.3) is 11.7 Å². The summed E-state index contributed by atoms with van der Waals surface area (Å²) in [5, 5.41) is 7.58. The number of hydrogen-bond acceptors (Lipinski definition) is 6. The van der Waals surface area contributed by atoms with Crippen molar-refractivity contribution < 1.29 is 28.7 Å². The fourth-order valence-electron chi connectivity index (χ4n) is 3.29. The second-order valence-corrected chi connectivity index (χ2v) is 8.03. The summed E-state index contributed by atoms with van der Waals surface area (Å²) in [7, 11) is 1.22. The van der Waals surface area contributed by atoms with Crippen LogP contribution in [0.25, 0.3) is 0 Å². The van der Waals surface area contributed by atoms with Crippen LogP contribution in [0.4, 0.5) is 5.69 Å². The summed E-state index contributed by atoms with van der Waals surface area (Å²) < 4.78 is 4.82. The normalized spacial score (nSPS) is 12.3. The van der Waals surface area contributed by atoms with Crippen molar-refractivity contribution >= 4 is 35.2 Å². The van der Waals surface area contributed by atoms with Gasteiger partial charge in [0.1, 0.15) is 12.1 Å². The molecular weight excluding hydrogens is 438 g/mol. The van der Waals surface area contributed by atoms with E-state index in [1.165, 1.54) is 26.2 Å². The van der Waals surface area contributed by atoms with E-state index in [-0.39, 0.29) is 17.7 Å². The van der Waals surface area contributed by atoms with Gasteiger partial charge in [-0.1, -0.05) is 56.3 Å². The topological polar surface area (TPSA) is 131 Å². The molecule has 2 rings (SSSR count). The molecule has 9 nitrogen and oxygen atoms in total. The molecule has 0 radical (unpaired) electrons. The van der Waals surface area contributed by atoms with E-state index in [1.807, 2.05) is 30.3 Å². The van der Waals surface area contributed by atoms with Crippen LogP contribution in [-0.2, 0) is 30.3 Å². The van der Waals surface area contributed by atoms with Crippen LogP contribution in [-0.4, -0.2) is 48.7 Å². The van der Waals surface area contributed by atoms with Crippen molar-refractivity contribution in [2.75, 3.05) is 12.4 Å². The van der Waals surface area contributed by atoms with E-state index in [0.29, 0.717) is 0 Å². The SMILES string of the molecule is COC(=O)[C@H](Cc1ccccc1)NC(=O)[C@@H](NC(=O)C(=O)c1ccccc1NC(C)=O)C(C)C. The zero-order valence-corrected chi connectivity index (χ0v) is 19.6. The molecule has 3 amide bonds. The lowest BCUT2D eigenvalue weighted by Crippen LogP contribution is -2.55. The van der Waals surface area contributed by atoms with Crippen LogP contribution >= 0.6 is 0 Å². The van der Waals surface area contributed by atoms with Crippen molar-refractivity contribution in [3.05, 3.63) is 65.7 Å². The number of Topliss-reactive ketones (excluding diaryl/α,β-unsaturated/α-hetero) is 1. The van der Waals surface area contributed by atoms with Crippen molar-refractivity contribution in [2.24, 2.45) is 5.92 Å². The molecule has 0 aliphatic heterocycles. The van der Waals surface area contributed by atoms with Gasteiger partial charge in [-0.25, -0.2) is 4.79 Å². The van der Waals surface area contributed by atoms with E-state index in [4.69, 9.17) is 4.74 Å². The minimum absolute atomic E-state index is 0.00497. The first-order valence-corrected chi connectivity index (χ1v) is 10.8. The molecule has 2 atom stereocenters. The third-order valence-corrected chi connectivity index (χ3v) is 5.01. The van der Waals surface area contributed by atoms with E-state index in [9.17, 15) is 24.0 Å². The van der Waals surface area contributed by atoms with Gasteiger partial charge in [-0.2, -0.15) is 0 Å². The highest BCUT2D eigenvalue weighted by molar-refractivity contribution is 6.44. The Morgan fingerprint density at radius 1 is 0.882 bits per heavy atom. The summed E-state index contributed by atoms with van der Waals surface area (Å²) in [6.07, 6.45) is 0.195. The van der Waals surface area contributed by atoms with Gasteiger partial charge in [0.05, 0.1) is 18.4 Å². The maximum Gasteiger partial charge on any atom is 0.328 e. The number of amides is 3. The van der Waals surface area contributed by atoms with E-state index >= 15 is 0 Å². The summed E-state index contributed by atoms with van der Waals surface area (Å²) in [4.78, 5) is 62.2. The van der Waals surface area contributed by atoms with Gasteiger partial charge >= 0.3 is 5.97 Å². The third-order valence-electron chi connectivity index (χ3n) is 5.01. The standard InChI is InChI=1S/C25H29N3O6/c1-15(2)21(23(31)27-20(25(33)34-4)14-17-10-6-5-7-11-17)28-24(32)22(30)18-12-8-9-13-19(18)26-16(3)29/h5-13,15,20-21H,14H2,1-4H3,(H,26,29)(H,27,31)(H,28,32)/t20-,21-/m0/s1. The largest absolute Gasteiger partial charge is 0.467 e. The van der Waals surface area contributed by atoms with Crippen LogP contribution in [0.5, 0.6) is 0 Å². The van der Waals surface area contributed by atoms with Gasteiger partial charge in [0.15, 0.2) is 0 Å². The lowest BCUT2D eigenvalue weighted by atomic mass is 10.0. The number of anilines is 1. The number of carbonyl (C=O) groups is 5. The number of ether oxygens (including phenoxy) is 1. The van der Waals surface area contributed by atoms with Crippen molar-refractivity contribution in [2.45, 2.75) is 39.3 Å². The first kappa shape index (κ1) is 26.2. The summed E-state index contributed by atoms with van der Waals surface area (Å²) in [5.41, 5.74) is 0.997. The number of benzene rings is 2. The molecule has 0 aliphatic carbocycles. The maximum atomic E-state index is 13.0. The first-order chi connectivity index (χ1) is 16.1. The highest BCUT2D eigenvalue weighted by Gasteiger charge is 2.31. The van der Waals surface area contributed by atoms with Crippen LogP contribution in [0.2, 0.25) is 0 Å². The first-order valence-electron chi connectivity index (χ1n) is 10.8. The predicted octanol–water partition coefficient (Wildman–Crippen LogP) is 1.87. The van der Waals surface area contributed by atoms with Gasteiger partial charge in [0.2, 0.25) is 11.8 Å². The minimum Gasteiger partial charge on any atom is -0.467 e. The lowest BCUT2D eigenvalue weighted by Gasteiger charge is -2.24. The summed E-state index contributed by atoms with van der Waals surface area (Å²) in [5.74, 6) is -3.96. The number of rotatable bonds is 10. The minimum atomic E-state index is -1.09. The highest BCUT2D eigenvalue weighted by atomic mass is 16.5. The molecule has 0 aliphatic rings. The average Bonchev–Trinajstić information content (AvgIpc) is 2.81. The quantitative estimate of drug-likeness (QED) is 0.278. The molecule has 0 heterocycles. The zero-order valence-electron chi connectivity index (χ0n) is 19.6. The van der Waals surface area contributed by atoms with E-state index in [0.717, 1.165) is 5.56 Å². The maximum absolute atomic E-state index is 13.0. The number of carbonyl (C=O) groups excluding carboxylic acids is 5. The summed E-state index contributed by atoms with van der Waals surface area (Å²) in [6.45, 7) is 4.68. The van der Waals surface area contributed by atoms with Crippen LogP contribution in [0.15, 0.2) is 54.6 Å². The number of ketones is 1. The molecule has 0 aromatic heterocycles. The lowest BCUT2D eigenvalue weighted by molar-refractivity contribution is -0.145. The number of methoxy groups -OCH3 is 1. The second kappa shape index (κ2) is 12.3. The van der Waals surface area contributed by atoms with Crippen LogP contribution in [0.1, 0.15) is 36.7 Å². The molecule has 180 valence electrons. The molecule has 0 spiro atoms. The predicted molar refractivity (Wildman–Crippen MR) is 126 cm³/mol. The highest BCUT2D eigenvalue weighted by Crippen LogP contribution is 2.16. The van der Waals surface area contributed by atoms with Gasteiger partial charge in [-0.3, -0.25) is 19.2 Å². The molecule has 34 heavy (non-hydrogen) atoms.